The first kappa shape index (κ1) is 14.7. The summed E-state index contributed by atoms with van der Waals surface area (Å²) < 4.78 is 28.7. The van der Waals surface area contributed by atoms with Crippen molar-refractivity contribution in [3.63, 3.8) is 0 Å². The molecule has 2 rings (SSSR count). The van der Waals surface area contributed by atoms with Gasteiger partial charge in [-0.3, -0.25) is 4.79 Å². The van der Waals surface area contributed by atoms with E-state index in [1.165, 1.54) is 12.1 Å². The fourth-order valence-corrected chi connectivity index (χ4v) is 2.27. The van der Waals surface area contributed by atoms with E-state index in [2.05, 4.69) is 15.4 Å². The Morgan fingerprint density at radius 1 is 1.50 bits per heavy atom. The van der Waals surface area contributed by atoms with E-state index in [0.29, 0.717) is 0 Å². The van der Waals surface area contributed by atoms with Crippen LogP contribution in [0.1, 0.15) is 31.4 Å². The first-order valence-electron chi connectivity index (χ1n) is 6.65. The molecule has 1 fully saturated rings. The summed E-state index contributed by atoms with van der Waals surface area (Å²) in [6.45, 7) is -0.184. The number of amides is 1. The fraction of sp³-hybridized carbons (Fsp3) is 0.500. The lowest BCUT2D eigenvalue weighted by Gasteiger charge is -2.18. The van der Waals surface area contributed by atoms with Crippen LogP contribution in [0.4, 0.5) is 8.78 Å². The van der Waals surface area contributed by atoms with Gasteiger partial charge in [0.25, 0.3) is 0 Å². The highest BCUT2D eigenvalue weighted by molar-refractivity contribution is 5.82. The molecule has 0 saturated carbocycles. The Morgan fingerprint density at radius 3 is 2.95 bits per heavy atom. The van der Waals surface area contributed by atoms with Gasteiger partial charge in [-0.25, -0.2) is 0 Å². The number of ether oxygens (including phenoxy) is 1. The minimum absolute atomic E-state index is 0.0600. The van der Waals surface area contributed by atoms with E-state index in [4.69, 9.17) is 0 Å². The summed E-state index contributed by atoms with van der Waals surface area (Å²) in [7, 11) is 0. The number of benzene rings is 1. The van der Waals surface area contributed by atoms with Crippen LogP contribution in [0.25, 0.3) is 0 Å². The van der Waals surface area contributed by atoms with Gasteiger partial charge in [-0.15, -0.1) is 0 Å². The molecule has 0 aromatic heterocycles. The maximum atomic E-state index is 12.2. The zero-order chi connectivity index (χ0) is 14.5. The highest BCUT2D eigenvalue weighted by atomic mass is 19.3. The van der Waals surface area contributed by atoms with Crippen molar-refractivity contribution < 1.29 is 18.3 Å². The minimum Gasteiger partial charge on any atom is -0.435 e. The number of carbonyl (C=O) groups is 1. The lowest BCUT2D eigenvalue weighted by molar-refractivity contribution is -0.123. The molecule has 0 bridgehead atoms. The normalized spacial score (nSPS) is 19.9. The van der Waals surface area contributed by atoms with Gasteiger partial charge in [0.15, 0.2) is 0 Å². The summed E-state index contributed by atoms with van der Waals surface area (Å²) in [6.07, 6.45) is 1.82. The van der Waals surface area contributed by atoms with Gasteiger partial charge in [-0.05, 0) is 44.0 Å². The van der Waals surface area contributed by atoms with Crippen LogP contribution in [-0.4, -0.2) is 25.1 Å². The molecule has 2 atom stereocenters. The minimum atomic E-state index is -2.85. The van der Waals surface area contributed by atoms with Crippen molar-refractivity contribution in [2.45, 2.75) is 38.5 Å². The number of alkyl halides is 2. The Hall–Kier alpha value is -1.69. The third-order valence-electron chi connectivity index (χ3n) is 3.32. The molecule has 1 heterocycles. The van der Waals surface area contributed by atoms with Gasteiger partial charge in [0.05, 0.1) is 12.1 Å². The standard InChI is InChI=1S/C14H18F2N2O2/c1-9(18-13(19)12-6-3-7-17-12)10-4-2-5-11(8-10)20-14(15)16/h2,4-5,8-9,12,14,17H,3,6-7H2,1H3,(H,18,19). The highest BCUT2D eigenvalue weighted by Crippen LogP contribution is 2.21. The molecule has 1 saturated heterocycles. The first-order valence-corrected chi connectivity index (χ1v) is 6.65. The van der Waals surface area contributed by atoms with Crippen molar-refractivity contribution in [1.29, 1.82) is 0 Å². The molecule has 1 aromatic carbocycles. The quantitative estimate of drug-likeness (QED) is 0.871. The summed E-state index contributed by atoms with van der Waals surface area (Å²) in [4.78, 5) is 12.0. The van der Waals surface area contributed by atoms with Gasteiger partial charge < -0.3 is 15.4 Å². The Balaban J connectivity index is 1.97. The molecule has 0 radical (unpaired) electrons. The van der Waals surface area contributed by atoms with E-state index < -0.39 is 6.61 Å². The molecular formula is C14H18F2N2O2. The van der Waals surface area contributed by atoms with Crippen molar-refractivity contribution in [2.24, 2.45) is 0 Å². The molecule has 1 amide bonds. The number of nitrogens with one attached hydrogen (secondary N) is 2. The molecular weight excluding hydrogens is 266 g/mol. The molecule has 0 aliphatic carbocycles. The first-order chi connectivity index (χ1) is 9.56. The van der Waals surface area contributed by atoms with Crippen LogP contribution in [0, 0.1) is 0 Å². The Kier molecular flexibility index (Phi) is 4.89. The van der Waals surface area contributed by atoms with E-state index in [1.807, 2.05) is 6.92 Å². The smallest absolute Gasteiger partial charge is 0.387 e. The highest BCUT2D eigenvalue weighted by Gasteiger charge is 2.23. The van der Waals surface area contributed by atoms with Crippen molar-refractivity contribution in [3.8, 4) is 5.75 Å². The van der Waals surface area contributed by atoms with Gasteiger partial charge in [0.1, 0.15) is 5.75 Å². The van der Waals surface area contributed by atoms with Gasteiger partial charge in [0.2, 0.25) is 5.91 Å². The molecule has 1 aromatic rings. The predicted octanol–water partition coefficient (Wildman–Crippen LogP) is 2.22. The topological polar surface area (TPSA) is 50.4 Å². The molecule has 6 heteroatoms. The van der Waals surface area contributed by atoms with E-state index in [1.54, 1.807) is 12.1 Å². The average Bonchev–Trinajstić information content (AvgIpc) is 2.92. The number of halogens is 2. The van der Waals surface area contributed by atoms with Gasteiger partial charge in [0, 0.05) is 0 Å². The summed E-state index contributed by atoms with van der Waals surface area (Å²) in [6, 6.07) is 5.96. The monoisotopic (exact) mass is 284 g/mol. The zero-order valence-electron chi connectivity index (χ0n) is 11.2. The summed E-state index contributed by atoms with van der Waals surface area (Å²) in [5.74, 6) is 0.0350. The lowest BCUT2D eigenvalue weighted by Crippen LogP contribution is -2.41. The molecule has 0 spiro atoms. The third kappa shape index (κ3) is 3.90. The van der Waals surface area contributed by atoms with Crippen LogP contribution in [0.5, 0.6) is 5.75 Å². The maximum Gasteiger partial charge on any atom is 0.387 e. The van der Waals surface area contributed by atoms with Crippen molar-refractivity contribution >= 4 is 5.91 Å². The second kappa shape index (κ2) is 6.65. The summed E-state index contributed by atoms with van der Waals surface area (Å²) in [5, 5.41) is 5.99. The van der Waals surface area contributed by atoms with Crippen LogP contribution in [0.2, 0.25) is 0 Å². The van der Waals surface area contributed by atoms with Crippen molar-refractivity contribution in [2.75, 3.05) is 6.54 Å². The van der Waals surface area contributed by atoms with Crippen molar-refractivity contribution in [3.05, 3.63) is 29.8 Å². The fourth-order valence-electron chi connectivity index (χ4n) is 2.27. The summed E-state index contributed by atoms with van der Waals surface area (Å²) >= 11 is 0. The molecule has 2 N–H and O–H groups in total. The number of rotatable bonds is 5. The molecule has 1 aliphatic heterocycles. The number of hydrogen-bond donors (Lipinski definition) is 2. The largest absolute Gasteiger partial charge is 0.435 e. The van der Waals surface area contributed by atoms with Crippen LogP contribution in [-0.2, 0) is 4.79 Å². The Labute approximate surface area is 116 Å². The average molecular weight is 284 g/mol. The van der Waals surface area contributed by atoms with E-state index >= 15 is 0 Å². The van der Waals surface area contributed by atoms with Gasteiger partial charge in [-0.2, -0.15) is 8.78 Å². The van der Waals surface area contributed by atoms with Crippen LogP contribution < -0.4 is 15.4 Å². The number of hydrogen-bond acceptors (Lipinski definition) is 3. The lowest BCUT2D eigenvalue weighted by atomic mass is 10.1. The molecule has 4 nitrogen and oxygen atoms in total. The van der Waals surface area contributed by atoms with Crippen LogP contribution in [0.15, 0.2) is 24.3 Å². The summed E-state index contributed by atoms with van der Waals surface area (Å²) in [5.41, 5.74) is 0.731. The molecule has 110 valence electrons. The molecule has 2 unspecified atom stereocenters. The van der Waals surface area contributed by atoms with Crippen LogP contribution in [0.3, 0.4) is 0 Å². The van der Waals surface area contributed by atoms with E-state index in [0.717, 1.165) is 24.9 Å². The van der Waals surface area contributed by atoms with Gasteiger partial charge >= 0.3 is 6.61 Å². The SMILES string of the molecule is CC(NC(=O)C1CCCN1)c1cccc(OC(F)F)c1. The molecule has 20 heavy (non-hydrogen) atoms. The van der Waals surface area contributed by atoms with Gasteiger partial charge in [-0.1, -0.05) is 12.1 Å². The second-order valence-corrected chi connectivity index (χ2v) is 4.83. The predicted molar refractivity (Wildman–Crippen MR) is 70.7 cm³/mol. The van der Waals surface area contributed by atoms with E-state index in [9.17, 15) is 13.6 Å². The second-order valence-electron chi connectivity index (χ2n) is 4.83. The number of carbonyl (C=O) groups excluding carboxylic acids is 1. The Morgan fingerprint density at radius 2 is 2.30 bits per heavy atom. The van der Waals surface area contributed by atoms with Crippen molar-refractivity contribution in [1.82, 2.24) is 10.6 Å². The van der Waals surface area contributed by atoms with E-state index in [-0.39, 0.29) is 23.7 Å². The zero-order valence-corrected chi connectivity index (χ0v) is 11.2. The Bertz CT molecular complexity index is 462. The third-order valence-corrected chi connectivity index (χ3v) is 3.32. The molecule has 1 aliphatic rings. The maximum absolute atomic E-state index is 12.2. The van der Waals surface area contributed by atoms with Crippen LogP contribution >= 0.6 is 0 Å².